The van der Waals surface area contributed by atoms with E-state index in [1.54, 1.807) is 0 Å². The number of nitrogens with two attached hydrogens (primary N) is 1. The van der Waals surface area contributed by atoms with E-state index in [1.165, 1.54) is 11.1 Å². The maximum atomic E-state index is 5.81. The van der Waals surface area contributed by atoms with Crippen LogP contribution in [0.5, 0.6) is 0 Å². The van der Waals surface area contributed by atoms with Gasteiger partial charge in [0, 0.05) is 23.7 Å². The summed E-state index contributed by atoms with van der Waals surface area (Å²) in [5.74, 6) is 0. The zero-order valence-electron chi connectivity index (χ0n) is 9.70. The highest BCUT2D eigenvalue weighted by Gasteiger charge is 2.09. The van der Waals surface area contributed by atoms with Gasteiger partial charge in [-0.1, -0.05) is 29.8 Å². The van der Waals surface area contributed by atoms with Crippen molar-refractivity contribution in [1.29, 1.82) is 0 Å². The fourth-order valence-electron chi connectivity index (χ4n) is 1.85. The van der Waals surface area contributed by atoms with Crippen molar-refractivity contribution in [3.63, 3.8) is 0 Å². The van der Waals surface area contributed by atoms with Crippen molar-refractivity contribution in [2.45, 2.75) is 26.3 Å². The van der Waals surface area contributed by atoms with Gasteiger partial charge < -0.3 is 5.73 Å². The molecule has 0 aliphatic carbocycles. The first kappa shape index (κ1) is 10.9. The summed E-state index contributed by atoms with van der Waals surface area (Å²) in [6, 6.07) is 8.56. The molecular formula is C13H17N3. The van der Waals surface area contributed by atoms with Crippen molar-refractivity contribution in [2.75, 3.05) is 0 Å². The van der Waals surface area contributed by atoms with Crippen LogP contribution in [0.25, 0.3) is 11.1 Å². The number of nitrogens with zero attached hydrogens (tertiary/aromatic N) is 1. The number of aromatic nitrogens is 2. The summed E-state index contributed by atoms with van der Waals surface area (Å²) in [6.07, 6.45) is 2.69. The average Bonchev–Trinajstić information content (AvgIpc) is 2.65. The molecule has 1 aromatic carbocycles. The van der Waals surface area contributed by atoms with Crippen LogP contribution < -0.4 is 5.73 Å². The summed E-state index contributed by atoms with van der Waals surface area (Å²) in [5.41, 5.74) is 10.5. The fraction of sp³-hybridized carbons (Fsp3) is 0.308. The SMILES string of the molecule is Cc1cccc(-c2cn[nH]c2CC(C)N)c1. The molecule has 2 rings (SSSR count). The second-order valence-electron chi connectivity index (χ2n) is 4.31. The molecule has 2 aromatic rings. The Balaban J connectivity index is 2.37. The molecule has 1 heterocycles. The van der Waals surface area contributed by atoms with Crippen LogP contribution in [-0.2, 0) is 6.42 Å². The molecule has 84 valence electrons. The summed E-state index contributed by atoms with van der Waals surface area (Å²) in [4.78, 5) is 0. The first-order valence-electron chi connectivity index (χ1n) is 5.51. The normalized spacial score (nSPS) is 12.7. The maximum Gasteiger partial charge on any atom is 0.0568 e. The third kappa shape index (κ3) is 2.31. The van der Waals surface area contributed by atoms with Crippen LogP contribution in [0.15, 0.2) is 30.5 Å². The lowest BCUT2D eigenvalue weighted by Crippen LogP contribution is -2.18. The Bertz CT molecular complexity index is 472. The van der Waals surface area contributed by atoms with E-state index in [2.05, 4.69) is 41.4 Å². The third-order valence-electron chi connectivity index (χ3n) is 2.57. The monoisotopic (exact) mass is 215 g/mol. The molecule has 0 saturated carbocycles. The Hall–Kier alpha value is -1.61. The molecule has 0 radical (unpaired) electrons. The summed E-state index contributed by atoms with van der Waals surface area (Å²) in [7, 11) is 0. The van der Waals surface area contributed by atoms with Gasteiger partial charge in [-0.3, -0.25) is 5.10 Å². The van der Waals surface area contributed by atoms with E-state index in [9.17, 15) is 0 Å². The molecular weight excluding hydrogens is 198 g/mol. The molecule has 0 aliphatic rings. The standard InChI is InChI=1S/C13H17N3/c1-9-4-3-5-11(6-9)12-8-15-16-13(12)7-10(2)14/h3-6,8,10H,7,14H2,1-2H3,(H,15,16). The first-order valence-corrected chi connectivity index (χ1v) is 5.51. The molecule has 3 heteroatoms. The van der Waals surface area contributed by atoms with Gasteiger partial charge in [-0.15, -0.1) is 0 Å². The zero-order chi connectivity index (χ0) is 11.5. The number of aryl methyl sites for hydroxylation is 1. The molecule has 1 unspecified atom stereocenters. The summed E-state index contributed by atoms with van der Waals surface area (Å²) in [5, 5.41) is 7.13. The second-order valence-corrected chi connectivity index (χ2v) is 4.31. The minimum atomic E-state index is 0.143. The lowest BCUT2D eigenvalue weighted by Gasteiger charge is -2.06. The summed E-state index contributed by atoms with van der Waals surface area (Å²) in [6.45, 7) is 4.09. The maximum absolute atomic E-state index is 5.81. The summed E-state index contributed by atoms with van der Waals surface area (Å²) >= 11 is 0. The van der Waals surface area contributed by atoms with Crippen molar-refractivity contribution < 1.29 is 0 Å². The minimum absolute atomic E-state index is 0.143. The molecule has 1 atom stereocenters. The molecule has 0 amide bonds. The molecule has 0 spiro atoms. The quantitative estimate of drug-likeness (QED) is 0.825. The first-order chi connectivity index (χ1) is 7.66. The molecule has 0 bridgehead atoms. The van der Waals surface area contributed by atoms with E-state index in [1.807, 2.05) is 13.1 Å². The Morgan fingerprint density at radius 3 is 2.94 bits per heavy atom. The number of aromatic amines is 1. The number of rotatable bonds is 3. The van der Waals surface area contributed by atoms with Gasteiger partial charge >= 0.3 is 0 Å². The van der Waals surface area contributed by atoms with Crippen LogP contribution in [0.1, 0.15) is 18.2 Å². The number of nitrogens with one attached hydrogen (secondary N) is 1. The van der Waals surface area contributed by atoms with Gasteiger partial charge in [0.15, 0.2) is 0 Å². The van der Waals surface area contributed by atoms with Gasteiger partial charge in [-0.25, -0.2) is 0 Å². The Morgan fingerprint density at radius 2 is 2.25 bits per heavy atom. The van der Waals surface area contributed by atoms with Gasteiger partial charge in [-0.2, -0.15) is 5.10 Å². The number of hydrogen-bond donors (Lipinski definition) is 2. The molecule has 16 heavy (non-hydrogen) atoms. The predicted molar refractivity (Wildman–Crippen MR) is 66.1 cm³/mol. The molecule has 0 aliphatic heterocycles. The van der Waals surface area contributed by atoms with E-state index in [0.29, 0.717) is 0 Å². The summed E-state index contributed by atoms with van der Waals surface area (Å²) < 4.78 is 0. The molecule has 3 N–H and O–H groups in total. The van der Waals surface area contributed by atoms with Gasteiger partial charge in [0.2, 0.25) is 0 Å². The van der Waals surface area contributed by atoms with Gasteiger partial charge in [0.1, 0.15) is 0 Å². The Kier molecular flexibility index (Phi) is 3.06. The minimum Gasteiger partial charge on any atom is -0.328 e. The topological polar surface area (TPSA) is 54.7 Å². The third-order valence-corrected chi connectivity index (χ3v) is 2.57. The van der Waals surface area contributed by atoms with Crippen LogP contribution >= 0.6 is 0 Å². The highest BCUT2D eigenvalue weighted by molar-refractivity contribution is 5.65. The van der Waals surface area contributed by atoms with E-state index < -0.39 is 0 Å². The van der Waals surface area contributed by atoms with Crippen LogP contribution in [0, 0.1) is 6.92 Å². The van der Waals surface area contributed by atoms with Gasteiger partial charge in [0.05, 0.1) is 6.20 Å². The highest BCUT2D eigenvalue weighted by Crippen LogP contribution is 2.23. The zero-order valence-corrected chi connectivity index (χ0v) is 9.70. The fourth-order valence-corrected chi connectivity index (χ4v) is 1.85. The Labute approximate surface area is 95.7 Å². The van der Waals surface area contributed by atoms with Crippen molar-refractivity contribution >= 4 is 0 Å². The van der Waals surface area contributed by atoms with Crippen molar-refractivity contribution in [3.8, 4) is 11.1 Å². The number of hydrogen-bond acceptors (Lipinski definition) is 2. The molecule has 3 nitrogen and oxygen atoms in total. The number of benzene rings is 1. The lowest BCUT2D eigenvalue weighted by molar-refractivity contribution is 0.720. The highest BCUT2D eigenvalue weighted by atomic mass is 15.1. The Morgan fingerprint density at radius 1 is 1.44 bits per heavy atom. The van der Waals surface area contributed by atoms with Gasteiger partial charge in [0.25, 0.3) is 0 Å². The van der Waals surface area contributed by atoms with E-state index >= 15 is 0 Å². The smallest absolute Gasteiger partial charge is 0.0568 e. The average molecular weight is 215 g/mol. The largest absolute Gasteiger partial charge is 0.328 e. The second kappa shape index (κ2) is 4.49. The van der Waals surface area contributed by atoms with E-state index in [0.717, 1.165) is 17.7 Å². The molecule has 1 aromatic heterocycles. The van der Waals surface area contributed by atoms with Crippen LogP contribution in [0.3, 0.4) is 0 Å². The van der Waals surface area contributed by atoms with E-state index in [4.69, 9.17) is 5.73 Å². The van der Waals surface area contributed by atoms with Gasteiger partial charge in [-0.05, 0) is 19.4 Å². The predicted octanol–water partition coefficient (Wildman–Crippen LogP) is 2.27. The number of H-pyrrole nitrogens is 1. The van der Waals surface area contributed by atoms with Crippen molar-refractivity contribution in [1.82, 2.24) is 10.2 Å². The lowest BCUT2D eigenvalue weighted by atomic mass is 10.0. The molecule has 0 fully saturated rings. The van der Waals surface area contributed by atoms with Crippen molar-refractivity contribution in [2.24, 2.45) is 5.73 Å². The van der Waals surface area contributed by atoms with E-state index in [-0.39, 0.29) is 6.04 Å². The van der Waals surface area contributed by atoms with Crippen molar-refractivity contribution in [3.05, 3.63) is 41.7 Å². The van der Waals surface area contributed by atoms with Crippen LogP contribution in [0.2, 0.25) is 0 Å². The van der Waals surface area contributed by atoms with Crippen LogP contribution in [0.4, 0.5) is 0 Å². The van der Waals surface area contributed by atoms with Crippen LogP contribution in [-0.4, -0.2) is 16.2 Å². The molecule has 0 saturated heterocycles.